The number of aromatic nitrogens is 1. The molecule has 1 saturated carbocycles. The van der Waals surface area contributed by atoms with Gasteiger partial charge in [-0.25, -0.2) is 4.98 Å². The lowest BCUT2D eigenvalue weighted by Crippen LogP contribution is -2.31. The second-order valence-corrected chi connectivity index (χ2v) is 5.27. The molecule has 2 rings (SSSR count). The maximum Gasteiger partial charge on any atom is 0.271 e. The van der Waals surface area contributed by atoms with Crippen molar-refractivity contribution in [3.63, 3.8) is 0 Å². The molecule has 0 unspecified atom stereocenters. The van der Waals surface area contributed by atoms with E-state index in [9.17, 15) is 4.79 Å². The number of amides is 1. The molecule has 0 aromatic carbocycles. The van der Waals surface area contributed by atoms with E-state index in [4.69, 9.17) is 11.6 Å². The maximum absolute atomic E-state index is 11.8. The van der Waals surface area contributed by atoms with Crippen LogP contribution in [0.3, 0.4) is 0 Å². The Balaban J connectivity index is 1.96. The summed E-state index contributed by atoms with van der Waals surface area (Å²) in [6.07, 6.45) is 3.80. The Hall–Kier alpha value is -0.610. The van der Waals surface area contributed by atoms with Crippen molar-refractivity contribution >= 4 is 33.4 Å². The van der Waals surface area contributed by atoms with E-state index in [1.165, 1.54) is 0 Å². The van der Waals surface area contributed by atoms with E-state index in [0.29, 0.717) is 22.6 Å². The van der Waals surface area contributed by atoms with Crippen molar-refractivity contribution in [1.82, 2.24) is 10.3 Å². The average molecular weight is 304 g/mol. The van der Waals surface area contributed by atoms with Crippen LogP contribution >= 0.6 is 27.5 Å². The number of nitrogens with zero attached hydrogens (tertiary/aromatic N) is 1. The molecule has 0 radical (unpaired) electrons. The summed E-state index contributed by atoms with van der Waals surface area (Å²) in [6.45, 7) is 0.637. The lowest BCUT2D eigenvalue weighted by molar-refractivity contribution is 0.0940. The fourth-order valence-corrected chi connectivity index (χ4v) is 2.24. The molecule has 0 saturated heterocycles. The molecule has 0 aliphatic heterocycles. The van der Waals surface area contributed by atoms with E-state index >= 15 is 0 Å². The second-order valence-electron chi connectivity index (χ2n) is 4.15. The Morgan fingerprint density at radius 3 is 2.94 bits per heavy atom. The highest BCUT2D eigenvalue weighted by Gasteiger charge is 2.41. The van der Waals surface area contributed by atoms with Gasteiger partial charge in [-0.2, -0.15) is 0 Å². The Kier molecular flexibility index (Phi) is 3.50. The molecule has 1 aromatic heterocycles. The number of carbonyl (C=O) groups excluding carboxylic acids is 1. The lowest BCUT2D eigenvalue weighted by atomic mass is 10.1. The summed E-state index contributed by atoms with van der Waals surface area (Å²) in [5, 5.41) is 2.88. The van der Waals surface area contributed by atoms with Crippen LogP contribution in [-0.2, 0) is 0 Å². The summed E-state index contributed by atoms with van der Waals surface area (Å²) >= 11 is 9.14. The normalized spacial score (nSPS) is 16.9. The highest BCUT2D eigenvalue weighted by Crippen LogP contribution is 2.45. The zero-order chi connectivity index (χ0) is 11.6. The predicted molar refractivity (Wildman–Crippen MR) is 66.7 cm³/mol. The number of hydrogen-bond donors (Lipinski definition) is 1. The largest absolute Gasteiger partial charge is 0.350 e. The van der Waals surface area contributed by atoms with Crippen molar-refractivity contribution in [2.75, 3.05) is 12.4 Å². The summed E-state index contributed by atoms with van der Waals surface area (Å²) in [5.41, 5.74) is 0.561. The Morgan fingerprint density at radius 2 is 2.38 bits per heavy atom. The summed E-state index contributed by atoms with van der Waals surface area (Å²) < 4.78 is 0.711. The number of nitrogens with one attached hydrogen (secondary N) is 1. The minimum absolute atomic E-state index is 0.137. The van der Waals surface area contributed by atoms with Gasteiger partial charge in [0, 0.05) is 28.5 Å². The van der Waals surface area contributed by atoms with E-state index < -0.39 is 0 Å². The summed E-state index contributed by atoms with van der Waals surface area (Å²) in [4.78, 5) is 15.8. The third-order valence-corrected chi connectivity index (χ3v) is 4.04. The van der Waals surface area contributed by atoms with Crippen LogP contribution in [0, 0.1) is 5.41 Å². The quantitative estimate of drug-likeness (QED) is 0.869. The molecular formula is C11H12BrClN2O. The fourth-order valence-electron chi connectivity index (χ4n) is 1.44. The van der Waals surface area contributed by atoms with Crippen LogP contribution in [0.2, 0.25) is 0 Å². The zero-order valence-corrected chi connectivity index (χ0v) is 11.0. The van der Waals surface area contributed by atoms with Gasteiger partial charge in [0.25, 0.3) is 5.91 Å². The number of halogens is 2. The van der Waals surface area contributed by atoms with E-state index in [2.05, 4.69) is 26.2 Å². The molecule has 0 atom stereocenters. The third-order valence-electron chi connectivity index (χ3n) is 2.84. The van der Waals surface area contributed by atoms with E-state index in [0.717, 1.165) is 12.8 Å². The summed E-state index contributed by atoms with van der Waals surface area (Å²) in [7, 11) is 0. The minimum atomic E-state index is -0.149. The molecule has 5 heteroatoms. The molecule has 1 N–H and O–H groups in total. The van der Waals surface area contributed by atoms with Gasteiger partial charge in [-0.15, -0.1) is 11.6 Å². The van der Waals surface area contributed by atoms with Crippen LogP contribution in [-0.4, -0.2) is 23.3 Å². The van der Waals surface area contributed by atoms with Gasteiger partial charge in [0.15, 0.2) is 0 Å². The zero-order valence-electron chi connectivity index (χ0n) is 8.67. The monoisotopic (exact) mass is 302 g/mol. The molecule has 1 amide bonds. The highest BCUT2D eigenvalue weighted by molar-refractivity contribution is 9.10. The van der Waals surface area contributed by atoms with Gasteiger partial charge in [0.05, 0.1) is 0 Å². The minimum Gasteiger partial charge on any atom is -0.350 e. The predicted octanol–water partition coefficient (Wildman–Crippen LogP) is 2.59. The van der Waals surface area contributed by atoms with Crippen LogP contribution in [0.1, 0.15) is 23.3 Å². The first-order valence-electron chi connectivity index (χ1n) is 5.12. The number of alkyl halides is 1. The van der Waals surface area contributed by atoms with Crippen LogP contribution in [0.25, 0.3) is 0 Å². The van der Waals surface area contributed by atoms with E-state index in [1.807, 2.05) is 0 Å². The Labute approximate surface area is 108 Å². The molecule has 0 spiro atoms. The molecule has 1 aliphatic rings. The second kappa shape index (κ2) is 4.72. The molecule has 0 bridgehead atoms. The van der Waals surface area contributed by atoms with Gasteiger partial charge >= 0.3 is 0 Å². The SMILES string of the molecule is O=C(NCC1(CCl)CC1)c1ncccc1Br. The molecule has 1 fully saturated rings. The van der Waals surface area contributed by atoms with Gasteiger partial charge in [-0.05, 0) is 40.9 Å². The summed E-state index contributed by atoms with van der Waals surface area (Å²) in [5.74, 6) is 0.459. The standard InChI is InChI=1S/C11H12BrClN2O/c12-8-2-1-5-14-9(8)10(16)15-7-11(6-13)3-4-11/h1-2,5H,3-4,6-7H2,(H,15,16). The van der Waals surface area contributed by atoms with Crippen molar-refractivity contribution < 1.29 is 4.79 Å². The first kappa shape index (κ1) is 11.9. The maximum atomic E-state index is 11.8. The molecule has 16 heavy (non-hydrogen) atoms. The van der Waals surface area contributed by atoms with E-state index in [1.54, 1.807) is 18.3 Å². The topological polar surface area (TPSA) is 42.0 Å². The smallest absolute Gasteiger partial charge is 0.271 e. The molecular weight excluding hydrogens is 291 g/mol. The Morgan fingerprint density at radius 1 is 1.62 bits per heavy atom. The van der Waals surface area contributed by atoms with Gasteiger partial charge < -0.3 is 5.32 Å². The van der Waals surface area contributed by atoms with Crippen LogP contribution in [0.5, 0.6) is 0 Å². The van der Waals surface area contributed by atoms with Crippen molar-refractivity contribution in [2.45, 2.75) is 12.8 Å². The lowest BCUT2D eigenvalue weighted by Gasteiger charge is -2.12. The van der Waals surface area contributed by atoms with Crippen LogP contribution in [0.15, 0.2) is 22.8 Å². The Bertz CT molecular complexity index is 407. The molecule has 1 aromatic rings. The van der Waals surface area contributed by atoms with Crippen LogP contribution < -0.4 is 5.32 Å². The van der Waals surface area contributed by atoms with Crippen LogP contribution in [0.4, 0.5) is 0 Å². The third kappa shape index (κ3) is 2.55. The number of rotatable bonds is 4. The highest BCUT2D eigenvalue weighted by atomic mass is 79.9. The number of hydrogen-bond acceptors (Lipinski definition) is 2. The van der Waals surface area contributed by atoms with Crippen molar-refractivity contribution in [1.29, 1.82) is 0 Å². The number of pyridine rings is 1. The molecule has 3 nitrogen and oxygen atoms in total. The van der Waals surface area contributed by atoms with Gasteiger partial charge in [-0.3, -0.25) is 4.79 Å². The van der Waals surface area contributed by atoms with Gasteiger partial charge in [0.1, 0.15) is 5.69 Å². The van der Waals surface area contributed by atoms with Gasteiger partial charge in [0.2, 0.25) is 0 Å². The summed E-state index contributed by atoms with van der Waals surface area (Å²) in [6, 6.07) is 3.58. The van der Waals surface area contributed by atoms with Crippen molar-refractivity contribution in [3.05, 3.63) is 28.5 Å². The van der Waals surface area contributed by atoms with Crippen molar-refractivity contribution in [3.8, 4) is 0 Å². The molecule has 86 valence electrons. The average Bonchev–Trinajstić information content (AvgIpc) is 3.07. The van der Waals surface area contributed by atoms with E-state index in [-0.39, 0.29) is 11.3 Å². The number of carbonyl (C=O) groups is 1. The fraction of sp³-hybridized carbons (Fsp3) is 0.455. The first-order valence-corrected chi connectivity index (χ1v) is 6.44. The molecule has 1 aliphatic carbocycles. The first-order chi connectivity index (χ1) is 7.67. The van der Waals surface area contributed by atoms with Crippen molar-refractivity contribution in [2.24, 2.45) is 5.41 Å². The van der Waals surface area contributed by atoms with Gasteiger partial charge in [-0.1, -0.05) is 0 Å². The molecule has 1 heterocycles.